The summed E-state index contributed by atoms with van der Waals surface area (Å²) in [5, 5.41) is 2.79. The lowest BCUT2D eigenvalue weighted by atomic mass is 9.99. The zero-order chi connectivity index (χ0) is 14.9. The van der Waals surface area contributed by atoms with Crippen LogP contribution in [0.25, 0.3) is 0 Å². The highest BCUT2D eigenvalue weighted by Crippen LogP contribution is 2.33. The first-order chi connectivity index (χ1) is 10.1. The van der Waals surface area contributed by atoms with E-state index in [-0.39, 0.29) is 30.9 Å². The first kappa shape index (κ1) is 14.2. The minimum absolute atomic E-state index is 0.145. The molecule has 3 rings (SSSR count). The number of carbonyl (C=O) groups excluding carboxylic acids is 2. The molecule has 0 aliphatic carbocycles. The van der Waals surface area contributed by atoms with Crippen molar-refractivity contribution in [3.8, 4) is 5.75 Å². The first-order valence-electron chi connectivity index (χ1n) is 6.71. The molecule has 0 bridgehead atoms. The monoisotopic (exact) mass is 310 g/mol. The zero-order valence-corrected chi connectivity index (χ0v) is 12.1. The molecule has 1 atom stereocenters. The van der Waals surface area contributed by atoms with Gasteiger partial charge in [-0.2, -0.15) is 11.8 Å². The van der Waals surface area contributed by atoms with E-state index in [0.717, 1.165) is 5.75 Å². The summed E-state index contributed by atoms with van der Waals surface area (Å²) in [4.78, 5) is 25.4. The summed E-state index contributed by atoms with van der Waals surface area (Å²) < 4.78 is 18.4. The minimum atomic E-state index is -0.722. The summed E-state index contributed by atoms with van der Waals surface area (Å²) in [6.45, 7) is 0.305. The number of benzene rings is 1. The van der Waals surface area contributed by atoms with Crippen LogP contribution < -0.4 is 10.1 Å². The molecule has 5 nitrogen and oxygen atoms in total. The summed E-state index contributed by atoms with van der Waals surface area (Å²) in [7, 11) is 0. The Bertz CT molecular complexity index is 575. The third kappa shape index (κ3) is 2.70. The van der Waals surface area contributed by atoms with E-state index in [9.17, 15) is 14.0 Å². The second-order valence-corrected chi connectivity index (χ2v) is 6.18. The molecule has 2 saturated heterocycles. The molecule has 2 aliphatic rings. The Morgan fingerprint density at radius 1 is 1.43 bits per heavy atom. The number of carbonyl (C=O) groups is 2. The number of rotatable bonds is 4. The molecule has 1 N–H and O–H groups in total. The number of imide groups is 1. The van der Waals surface area contributed by atoms with Crippen LogP contribution >= 0.6 is 11.8 Å². The Labute approximate surface area is 125 Å². The predicted octanol–water partition coefficient (Wildman–Crippen LogP) is 1.63. The summed E-state index contributed by atoms with van der Waals surface area (Å²) >= 11 is 1.67. The van der Waals surface area contributed by atoms with Crippen LogP contribution in [0.4, 0.5) is 9.18 Å². The van der Waals surface area contributed by atoms with E-state index in [4.69, 9.17) is 4.74 Å². The number of urea groups is 1. The molecule has 1 spiro atoms. The molecule has 0 radical (unpaired) electrons. The average Bonchev–Trinajstić information content (AvgIpc) is 3.00. The molecule has 0 aromatic heterocycles. The molecule has 1 unspecified atom stereocenters. The maximum absolute atomic E-state index is 13.0. The lowest BCUT2D eigenvalue weighted by Gasteiger charge is -2.19. The van der Waals surface area contributed by atoms with Crippen molar-refractivity contribution in [1.29, 1.82) is 0 Å². The van der Waals surface area contributed by atoms with Gasteiger partial charge in [-0.15, -0.1) is 0 Å². The topological polar surface area (TPSA) is 58.6 Å². The first-order valence-corrected chi connectivity index (χ1v) is 7.86. The molecular formula is C14H15FN2O3S. The van der Waals surface area contributed by atoms with Crippen LogP contribution in [0.2, 0.25) is 0 Å². The van der Waals surface area contributed by atoms with E-state index in [1.807, 2.05) is 0 Å². The molecule has 1 aromatic rings. The summed E-state index contributed by atoms with van der Waals surface area (Å²) in [5.41, 5.74) is -0.722. The van der Waals surface area contributed by atoms with Crippen molar-refractivity contribution >= 4 is 23.7 Å². The van der Waals surface area contributed by atoms with Crippen LogP contribution in [0.15, 0.2) is 24.3 Å². The fraction of sp³-hybridized carbons (Fsp3) is 0.429. The average molecular weight is 310 g/mol. The van der Waals surface area contributed by atoms with Crippen LogP contribution in [0.3, 0.4) is 0 Å². The van der Waals surface area contributed by atoms with E-state index in [1.165, 1.54) is 17.0 Å². The normalized spacial score (nSPS) is 24.7. The highest BCUT2D eigenvalue weighted by atomic mass is 32.2. The van der Waals surface area contributed by atoms with Gasteiger partial charge in [-0.05, 0) is 24.3 Å². The van der Waals surface area contributed by atoms with Crippen LogP contribution in [-0.4, -0.2) is 47.0 Å². The second kappa shape index (κ2) is 5.55. The molecule has 21 heavy (non-hydrogen) atoms. The molecule has 0 saturated carbocycles. The van der Waals surface area contributed by atoms with Crippen molar-refractivity contribution in [2.75, 3.05) is 24.7 Å². The molecule has 112 valence electrons. The smallest absolute Gasteiger partial charge is 0.325 e. The number of nitrogens with zero attached hydrogens (tertiary/aromatic N) is 1. The van der Waals surface area contributed by atoms with Gasteiger partial charge < -0.3 is 10.1 Å². The fourth-order valence-corrected chi connectivity index (χ4v) is 3.85. The third-order valence-electron chi connectivity index (χ3n) is 3.65. The number of thioether (sulfide) groups is 1. The van der Waals surface area contributed by atoms with Gasteiger partial charge in [-0.1, -0.05) is 6.07 Å². The van der Waals surface area contributed by atoms with Gasteiger partial charge in [0.15, 0.2) is 0 Å². The van der Waals surface area contributed by atoms with Gasteiger partial charge in [0, 0.05) is 11.8 Å². The van der Waals surface area contributed by atoms with Crippen molar-refractivity contribution < 1.29 is 18.7 Å². The van der Waals surface area contributed by atoms with Crippen molar-refractivity contribution in [1.82, 2.24) is 10.2 Å². The van der Waals surface area contributed by atoms with Crippen LogP contribution in [0.1, 0.15) is 6.42 Å². The Morgan fingerprint density at radius 3 is 3.00 bits per heavy atom. The molecule has 2 heterocycles. The number of ether oxygens (including phenoxy) is 1. The number of halogens is 1. The van der Waals surface area contributed by atoms with E-state index >= 15 is 0 Å². The fourth-order valence-electron chi connectivity index (χ4n) is 2.52. The largest absolute Gasteiger partial charge is 0.492 e. The number of amides is 3. The Morgan fingerprint density at radius 2 is 2.29 bits per heavy atom. The van der Waals surface area contributed by atoms with Gasteiger partial charge in [0.25, 0.3) is 5.91 Å². The molecule has 2 aliphatic heterocycles. The van der Waals surface area contributed by atoms with Crippen LogP contribution in [0.5, 0.6) is 5.75 Å². The Kier molecular flexibility index (Phi) is 3.75. The van der Waals surface area contributed by atoms with Crippen molar-refractivity contribution in [2.45, 2.75) is 12.0 Å². The predicted molar refractivity (Wildman–Crippen MR) is 76.8 cm³/mol. The quantitative estimate of drug-likeness (QED) is 0.859. The highest BCUT2D eigenvalue weighted by molar-refractivity contribution is 7.99. The van der Waals surface area contributed by atoms with Crippen molar-refractivity contribution in [3.05, 3.63) is 30.1 Å². The maximum Gasteiger partial charge on any atom is 0.325 e. The molecule has 3 amide bonds. The van der Waals surface area contributed by atoms with Crippen molar-refractivity contribution in [2.24, 2.45) is 0 Å². The van der Waals surface area contributed by atoms with E-state index in [0.29, 0.717) is 17.9 Å². The van der Waals surface area contributed by atoms with E-state index in [1.54, 1.807) is 23.9 Å². The van der Waals surface area contributed by atoms with Gasteiger partial charge in [0.1, 0.15) is 23.7 Å². The van der Waals surface area contributed by atoms with Crippen LogP contribution in [-0.2, 0) is 4.79 Å². The summed E-state index contributed by atoms with van der Waals surface area (Å²) in [6, 6.07) is 5.39. The molecule has 2 fully saturated rings. The number of nitrogens with one attached hydrogen (secondary N) is 1. The summed E-state index contributed by atoms with van der Waals surface area (Å²) in [5.74, 6) is 1.32. The van der Waals surface area contributed by atoms with Crippen LogP contribution in [0, 0.1) is 5.82 Å². The van der Waals surface area contributed by atoms with Gasteiger partial charge in [0.05, 0.1) is 6.54 Å². The third-order valence-corrected chi connectivity index (χ3v) is 4.84. The highest BCUT2D eigenvalue weighted by Gasteiger charge is 2.52. The molecular weight excluding hydrogens is 295 g/mol. The summed E-state index contributed by atoms with van der Waals surface area (Å²) in [6.07, 6.45) is 0.670. The minimum Gasteiger partial charge on any atom is -0.492 e. The van der Waals surface area contributed by atoms with Crippen molar-refractivity contribution in [3.63, 3.8) is 0 Å². The lowest BCUT2D eigenvalue weighted by molar-refractivity contribution is -0.130. The second-order valence-electron chi connectivity index (χ2n) is 5.08. The molecule has 7 heteroatoms. The lowest BCUT2D eigenvalue weighted by Crippen LogP contribution is -2.47. The maximum atomic E-state index is 13.0. The number of hydrogen-bond acceptors (Lipinski definition) is 4. The number of hydrogen-bond donors (Lipinski definition) is 1. The Balaban J connectivity index is 1.58. The van der Waals surface area contributed by atoms with Gasteiger partial charge in [0.2, 0.25) is 0 Å². The van der Waals surface area contributed by atoms with E-state index < -0.39 is 5.54 Å². The van der Waals surface area contributed by atoms with Gasteiger partial charge >= 0.3 is 6.03 Å². The van der Waals surface area contributed by atoms with Gasteiger partial charge in [-0.25, -0.2) is 9.18 Å². The standard InChI is InChI=1S/C14H15FN2O3S/c15-10-2-1-3-11(8-10)20-6-5-17-12(18)14(16-13(17)19)4-7-21-9-14/h1-3,8H,4-7,9H2,(H,16,19). The molecule has 1 aromatic carbocycles. The zero-order valence-electron chi connectivity index (χ0n) is 11.3. The Hall–Kier alpha value is -1.76. The van der Waals surface area contributed by atoms with E-state index in [2.05, 4.69) is 5.32 Å². The SMILES string of the molecule is O=C1NC2(CCSC2)C(=O)N1CCOc1cccc(F)c1. The van der Waals surface area contributed by atoms with Gasteiger partial charge in [-0.3, -0.25) is 9.69 Å².